The van der Waals surface area contributed by atoms with Crippen molar-refractivity contribution in [3.05, 3.63) is 290 Å². The number of fused-ring (bicyclic) bond motifs is 5. The average Bonchev–Trinajstić information content (AvgIpc) is 1.13. The Morgan fingerprint density at radius 2 is 0.589 bits per heavy atom. The second-order valence-corrected chi connectivity index (χ2v) is 30.4. The molecule has 0 aliphatic heterocycles. The molecule has 0 saturated carbocycles. The molecule has 0 spiro atoms. The molecule has 15 aromatic rings. The van der Waals surface area contributed by atoms with Gasteiger partial charge in [-0.1, -0.05) is 134 Å². The lowest BCUT2D eigenvalue weighted by atomic mass is 9.97. The van der Waals surface area contributed by atoms with Crippen LogP contribution in [0.1, 0.15) is 128 Å². The fourth-order valence-corrected chi connectivity index (χ4v) is 15.0. The molecule has 6 aromatic heterocycles. The van der Waals surface area contributed by atoms with E-state index >= 15 is 0 Å². The number of hydrogen-bond donors (Lipinski definition) is 0. The first kappa shape index (κ1) is 76.9. The molecule has 542 valence electrons. The summed E-state index contributed by atoms with van der Waals surface area (Å²) in [5.41, 5.74) is 45.4. The van der Waals surface area contributed by atoms with Crippen LogP contribution in [0.3, 0.4) is 0 Å². The molecule has 0 fully saturated rings. The van der Waals surface area contributed by atoms with Crippen molar-refractivity contribution < 1.29 is 22.8 Å². The van der Waals surface area contributed by atoms with Crippen LogP contribution in [0, 0.1) is 110 Å². The summed E-state index contributed by atoms with van der Waals surface area (Å²) in [6.45, 7) is 41.5. The second-order valence-electron chi connectivity index (χ2n) is 30.4. The number of aromatic nitrogens is 11. The minimum absolute atomic E-state index is 0.472. The summed E-state index contributed by atoms with van der Waals surface area (Å²) in [6.07, 6.45) is 14.6. The lowest BCUT2D eigenvalue weighted by Gasteiger charge is -2.12. The molecule has 0 aliphatic carbocycles. The Bertz CT molecular complexity index is 5550. The summed E-state index contributed by atoms with van der Waals surface area (Å²) in [4.78, 5) is 27.5. The van der Waals surface area contributed by atoms with Gasteiger partial charge in [0.15, 0.2) is 5.52 Å². The van der Waals surface area contributed by atoms with Crippen LogP contribution in [-0.2, 0) is 41.7 Å². The molecule has 9 aromatic carbocycles. The molecule has 15 rings (SSSR count). The van der Waals surface area contributed by atoms with E-state index in [0.29, 0.717) is 11.8 Å². The molecular weight excluding hydrogens is 1310 g/mol. The lowest BCUT2D eigenvalue weighted by Crippen LogP contribution is -2.33. The van der Waals surface area contributed by atoms with Gasteiger partial charge in [0.1, 0.15) is 88.3 Å². The molecule has 0 bridgehead atoms. The second kappa shape index (κ2) is 32.7. The summed E-state index contributed by atoms with van der Waals surface area (Å²) < 4.78 is 11.2. The first-order valence-electron chi connectivity index (χ1n) is 37.5. The standard InChI is InChI=1S/C22H27N2.C21H25N2.2C18H19N2.C17H18N3/c1-14(2)10-18-8-7-9-20-22(18)23-13-21(24(20)6)19-12-15(3)11-16(4)17(19)5;1-13(2)17-8-7-9-19-21(17)22-12-20(23(19)6)18-11-14(3)10-15(4)16(18)5;2*1-12-9-13(2)14(3)15(10-12)18-11-19-16-7-5-6-8-17(16)20(18)4;1-11-7-12(2)13(3)14(8-11)17-10-19-15-9-18-6-5-16(15)20(17)4/h7-9,11-14H,10H2,1-6H3;7-13H,1-6H3;2*5-11H,1-4H3;5-10H,1-4H3/q5*+1. The van der Waals surface area contributed by atoms with Crippen LogP contribution >= 0.6 is 0 Å². The average molecular weight is 1420 g/mol. The van der Waals surface area contributed by atoms with Gasteiger partial charge in [-0.25, -0.2) is 24.9 Å². The van der Waals surface area contributed by atoms with Gasteiger partial charge >= 0.3 is 0 Å². The molecule has 107 heavy (non-hydrogen) atoms. The molecule has 0 atom stereocenters. The fraction of sp³-hybridized carbons (Fsp3) is 0.281. The third-order valence-electron chi connectivity index (χ3n) is 21.6. The van der Waals surface area contributed by atoms with Gasteiger partial charge in [0.25, 0.3) is 0 Å². The van der Waals surface area contributed by atoms with Crippen LogP contribution < -0.4 is 22.8 Å². The van der Waals surface area contributed by atoms with Gasteiger partial charge in [0, 0.05) is 36.5 Å². The Labute approximate surface area is 635 Å². The Balaban J connectivity index is 0.000000134. The number of hydrogen-bond acceptors (Lipinski definition) is 6. The molecule has 0 amide bonds. The van der Waals surface area contributed by atoms with Crippen LogP contribution in [0.4, 0.5) is 0 Å². The summed E-state index contributed by atoms with van der Waals surface area (Å²) >= 11 is 0. The van der Waals surface area contributed by atoms with Crippen molar-refractivity contribution in [1.29, 1.82) is 0 Å². The molecule has 0 radical (unpaired) electrons. The molecule has 11 nitrogen and oxygen atoms in total. The maximum Gasteiger partial charge on any atom is 0.234 e. The van der Waals surface area contributed by atoms with Gasteiger partial charge < -0.3 is 0 Å². The molecule has 11 heteroatoms. The van der Waals surface area contributed by atoms with E-state index in [1.165, 1.54) is 145 Å². The number of para-hydroxylation sites is 6. The van der Waals surface area contributed by atoms with Crippen molar-refractivity contribution in [1.82, 2.24) is 29.9 Å². The number of nitrogens with zero attached hydrogens (tertiary/aromatic N) is 11. The first-order chi connectivity index (χ1) is 51.0. The van der Waals surface area contributed by atoms with E-state index in [9.17, 15) is 0 Å². The minimum Gasteiger partial charge on any atom is -0.262 e. The van der Waals surface area contributed by atoms with E-state index < -0.39 is 0 Å². The van der Waals surface area contributed by atoms with Crippen molar-refractivity contribution in [2.75, 3.05) is 0 Å². The molecule has 0 saturated heterocycles. The van der Waals surface area contributed by atoms with Gasteiger partial charge in [-0.3, -0.25) is 4.98 Å². The Kier molecular flexibility index (Phi) is 23.5. The fourth-order valence-electron chi connectivity index (χ4n) is 15.0. The van der Waals surface area contributed by atoms with E-state index in [0.717, 1.165) is 67.6 Å². The first-order valence-corrected chi connectivity index (χ1v) is 37.5. The normalized spacial score (nSPS) is 11.2. The maximum atomic E-state index is 4.85. The van der Waals surface area contributed by atoms with Crippen molar-refractivity contribution in [3.8, 4) is 56.3 Å². The lowest BCUT2D eigenvalue weighted by molar-refractivity contribution is -0.634. The van der Waals surface area contributed by atoms with Gasteiger partial charge in [0.05, 0.1) is 34.0 Å². The van der Waals surface area contributed by atoms with Crippen LogP contribution in [0.5, 0.6) is 0 Å². The van der Waals surface area contributed by atoms with E-state index in [4.69, 9.17) is 9.97 Å². The van der Waals surface area contributed by atoms with Gasteiger partial charge in [-0.2, -0.15) is 22.8 Å². The van der Waals surface area contributed by atoms with Crippen molar-refractivity contribution in [2.45, 2.75) is 144 Å². The van der Waals surface area contributed by atoms with Crippen LogP contribution in [0.15, 0.2) is 195 Å². The Morgan fingerprint density at radius 3 is 0.953 bits per heavy atom. The van der Waals surface area contributed by atoms with Gasteiger partial charge in [0.2, 0.25) is 56.1 Å². The summed E-state index contributed by atoms with van der Waals surface area (Å²) in [5.74, 6) is 1.10. The van der Waals surface area contributed by atoms with Crippen molar-refractivity contribution >= 4 is 55.2 Å². The van der Waals surface area contributed by atoms with Gasteiger partial charge in [-0.15, -0.1) is 0 Å². The highest BCUT2D eigenvalue weighted by molar-refractivity contribution is 5.80. The third kappa shape index (κ3) is 16.5. The van der Waals surface area contributed by atoms with E-state index in [2.05, 4.69) is 331 Å². The van der Waals surface area contributed by atoms with Crippen LogP contribution in [0.25, 0.3) is 111 Å². The van der Waals surface area contributed by atoms with Crippen LogP contribution in [-0.4, -0.2) is 29.9 Å². The highest BCUT2D eigenvalue weighted by atomic mass is 15.0. The highest BCUT2D eigenvalue weighted by Crippen LogP contribution is 2.32. The summed E-state index contributed by atoms with van der Waals surface area (Å²) in [5, 5.41) is 0. The van der Waals surface area contributed by atoms with Crippen molar-refractivity contribution in [3.63, 3.8) is 0 Å². The van der Waals surface area contributed by atoms with Crippen molar-refractivity contribution in [2.24, 2.45) is 41.2 Å². The smallest absolute Gasteiger partial charge is 0.234 e. The number of pyridine rings is 1. The molecular formula is C96H108N11+5. The van der Waals surface area contributed by atoms with E-state index in [-0.39, 0.29) is 0 Å². The number of aryl methyl sites for hydroxylation is 15. The SMILES string of the molecule is Cc1cc(C)c(C)c(-c2cnc3c(C(C)C)cccc3[n+]2C)c1.Cc1cc(C)c(C)c(-c2cnc3c(CC(C)C)cccc3[n+]2C)c1.Cc1cc(C)c(C)c(-c2cnc3ccccc3[n+]2C)c1.Cc1cc(C)c(C)c(-c2cnc3ccccc3[n+]2C)c1.Cc1cc(C)c(C)c(-c2cnc3cnccc3[n+]2C)c1. The third-order valence-corrected chi connectivity index (χ3v) is 21.6. The zero-order valence-corrected chi connectivity index (χ0v) is 67.8. The monoisotopic (exact) mass is 1410 g/mol. The maximum absolute atomic E-state index is 4.85. The highest BCUT2D eigenvalue weighted by Gasteiger charge is 2.25. The Hall–Kier alpha value is -11.2. The van der Waals surface area contributed by atoms with E-state index in [1.54, 1.807) is 6.20 Å². The van der Waals surface area contributed by atoms with Crippen LogP contribution in [0.2, 0.25) is 0 Å². The summed E-state index contributed by atoms with van der Waals surface area (Å²) in [6, 6.07) is 53.9. The summed E-state index contributed by atoms with van der Waals surface area (Å²) in [7, 11) is 10.6. The van der Waals surface area contributed by atoms with Gasteiger partial charge in [-0.05, 0) is 231 Å². The number of benzene rings is 9. The molecule has 0 aliphatic rings. The number of rotatable bonds is 8. The zero-order valence-electron chi connectivity index (χ0n) is 67.8. The quantitative estimate of drug-likeness (QED) is 0.141. The largest absolute Gasteiger partial charge is 0.262 e. The predicted molar refractivity (Wildman–Crippen MR) is 443 cm³/mol. The molecule has 0 unspecified atom stereocenters. The van der Waals surface area contributed by atoms with E-state index in [1.807, 2.05) is 67.5 Å². The zero-order chi connectivity index (χ0) is 77.0. The minimum atomic E-state index is 0.472. The molecule has 0 N–H and O–H groups in total. The molecule has 6 heterocycles. The predicted octanol–water partition coefficient (Wildman–Crippen LogP) is 20.0. The Morgan fingerprint density at radius 1 is 0.290 bits per heavy atom. The topological polar surface area (TPSA) is 96.7 Å².